The molecule has 4 aliphatic carbocycles. The van der Waals surface area contributed by atoms with Gasteiger partial charge < -0.3 is 15.3 Å². The average Bonchev–Trinajstić information content (AvgIpc) is 3.02. The Morgan fingerprint density at radius 2 is 1.69 bits per heavy atom. The highest BCUT2D eigenvalue weighted by molar-refractivity contribution is 5.66. The van der Waals surface area contributed by atoms with Gasteiger partial charge in [-0.05, 0) is 91.8 Å². The molecule has 166 valence electrons. The lowest BCUT2D eigenvalue weighted by Gasteiger charge is -2.63. The van der Waals surface area contributed by atoms with E-state index in [1.165, 1.54) is 0 Å². The Morgan fingerprint density at radius 1 is 1.03 bits per heavy atom. The number of rotatable bonds is 4. The summed E-state index contributed by atoms with van der Waals surface area (Å²) in [7, 11) is 0. The predicted octanol–water partition coefficient (Wildman–Crippen LogP) is 4.43. The number of halogens is 1. The Balaban J connectivity index is 1.59. The summed E-state index contributed by atoms with van der Waals surface area (Å²) in [5, 5.41) is 30.4. The molecule has 0 aromatic rings. The van der Waals surface area contributed by atoms with Crippen LogP contribution in [0.1, 0.15) is 78.6 Å². The Labute approximate surface area is 174 Å². The van der Waals surface area contributed by atoms with E-state index in [0.717, 1.165) is 38.5 Å². The summed E-state index contributed by atoms with van der Waals surface area (Å²) >= 11 is 0. The van der Waals surface area contributed by atoms with Gasteiger partial charge >= 0.3 is 5.97 Å². The van der Waals surface area contributed by atoms with E-state index < -0.39 is 24.3 Å². The third-order valence-corrected chi connectivity index (χ3v) is 10.2. The van der Waals surface area contributed by atoms with Crippen LogP contribution >= 0.6 is 0 Å². The molecule has 0 saturated heterocycles. The van der Waals surface area contributed by atoms with Crippen LogP contribution in [0.2, 0.25) is 0 Å². The van der Waals surface area contributed by atoms with Crippen LogP contribution in [0.25, 0.3) is 0 Å². The highest BCUT2D eigenvalue weighted by Gasteiger charge is 2.65. The second-order valence-corrected chi connectivity index (χ2v) is 11.4. The molecule has 4 fully saturated rings. The first-order valence-electron chi connectivity index (χ1n) is 11.8. The fraction of sp³-hybridized carbons (Fsp3) is 0.958. The Kier molecular flexibility index (Phi) is 5.55. The minimum absolute atomic E-state index is 0.00285. The maximum atomic E-state index is 15.5. The topological polar surface area (TPSA) is 77.8 Å². The summed E-state index contributed by atoms with van der Waals surface area (Å²) in [5.41, 5.74) is -0.0615. The monoisotopic (exact) mass is 410 g/mol. The van der Waals surface area contributed by atoms with E-state index in [9.17, 15) is 15.0 Å². The van der Waals surface area contributed by atoms with Gasteiger partial charge in [-0.15, -0.1) is 0 Å². The lowest BCUT2D eigenvalue weighted by molar-refractivity contribution is -0.206. The van der Waals surface area contributed by atoms with E-state index in [2.05, 4.69) is 20.8 Å². The van der Waals surface area contributed by atoms with Crippen LogP contribution in [0.15, 0.2) is 0 Å². The summed E-state index contributed by atoms with van der Waals surface area (Å²) in [4.78, 5) is 11.0. The van der Waals surface area contributed by atoms with Gasteiger partial charge in [-0.2, -0.15) is 0 Å². The number of hydrogen-bond acceptors (Lipinski definition) is 3. The molecule has 4 nitrogen and oxygen atoms in total. The van der Waals surface area contributed by atoms with Crippen molar-refractivity contribution >= 4 is 5.97 Å². The Morgan fingerprint density at radius 3 is 2.38 bits per heavy atom. The summed E-state index contributed by atoms with van der Waals surface area (Å²) in [6, 6.07) is 0. The number of carboxylic acid groups (broad SMARTS) is 1. The van der Waals surface area contributed by atoms with E-state index in [0.29, 0.717) is 36.5 Å². The fourth-order valence-electron chi connectivity index (χ4n) is 8.72. The summed E-state index contributed by atoms with van der Waals surface area (Å²) in [5.74, 6) is 0.464. The number of aliphatic hydroxyl groups is 2. The molecule has 0 amide bonds. The van der Waals surface area contributed by atoms with Crippen LogP contribution in [-0.2, 0) is 4.79 Å². The molecular weight excluding hydrogens is 371 g/mol. The number of carboxylic acids is 1. The molecule has 0 bridgehead atoms. The Hall–Kier alpha value is -0.680. The van der Waals surface area contributed by atoms with Crippen LogP contribution < -0.4 is 0 Å². The number of alkyl halides is 1. The first-order valence-corrected chi connectivity index (χ1v) is 11.8. The molecule has 0 radical (unpaired) electrons. The van der Waals surface area contributed by atoms with Gasteiger partial charge in [-0.1, -0.05) is 20.8 Å². The van der Waals surface area contributed by atoms with Crippen molar-refractivity contribution in [2.24, 2.45) is 46.3 Å². The molecule has 4 rings (SSSR count). The summed E-state index contributed by atoms with van der Waals surface area (Å²) in [6.45, 7) is 6.74. The highest BCUT2D eigenvalue weighted by Crippen LogP contribution is 2.68. The zero-order chi connectivity index (χ0) is 21.1. The zero-order valence-corrected chi connectivity index (χ0v) is 18.2. The molecule has 3 N–H and O–H groups in total. The molecular formula is C24H39FO4. The molecule has 5 unspecified atom stereocenters. The molecule has 0 aromatic carbocycles. The van der Waals surface area contributed by atoms with Crippen molar-refractivity contribution in [1.82, 2.24) is 0 Å². The smallest absolute Gasteiger partial charge is 0.303 e. The van der Waals surface area contributed by atoms with Crippen molar-refractivity contribution < 1.29 is 24.5 Å². The van der Waals surface area contributed by atoms with Crippen molar-refractivity contribution in [1.29, 1.82) is 0 Å². The lowest BCUT2D eigenvalue weighted by Crippen LogP contribution is -2.63. The first-order chi connectivity index (χ1) is 13.6. The minimum atomic E-state index is -1.25. The van der Waals surface area contributed by atoms with Crippen LogP contribution in [-0.4, -0.2) is 39.7 Å². The fourth-order valence-corrected chi connectivity index (χ4v) is 8.72. The van der Waals surface area contributed by atoms with Crippen molar-refractivity contribution in [2.45, 2.75) is 96.9 Å². The molecule has 29 heavy (non-hydrogen) atoms. The number of hydrogen-bond donors (Lipinski definition) is 3. The van der Waals surface area contributed by atoms with E-state index in [1.807, 2.05) is 0 Å². The van der Waals surface area contributed by atoms with Gasteiger partial charge in [0.05, 0.1) is 12.2 Å². The van der Waals surface area contributed by atoms with Crippen molar-refractivity contribution in [3.8, 4) is 0 Å². The first kappa shape index (κ1) is 21.5. The van der Waals surface area contributed by atoms with Crippen molar-refractivity contribution in [2.75, 3.05) is 0 Å². The van der Waals surface area contributed by atoms with E-state index in [4.69, 9.17) is 5.11 Å². The van der Waals surface area contributed by atoms with E-state index >= 15 is 4.39 Å². The van der Waals surface area contributed by atoms with E-state index in [-0.39, 0.29) is 29.1 Å². The third-order valence-electron chi connectivity index (χ3n) is 10.2. The van der Waals surface area contributed by atoms with Crippen LogP contribution in [0.5, 0.6) is 0 Å². The standard InChI is InChI=1S/C24H39FO4/c1-13(4-7-19(27)28)15-5-6-16-20-17(9-11-23(15,16)2)24(3)10-8-14(26)12-18(24)21(25)22(20)29/h13-18,20-22,26,29H,4-12H2,1-3H3,(H,27,28)/t13-,14-,15-,16?,17?,18?,20?,21-,22?,23-,24-/m1/s1. The van der Waals surface area contributed by atoms with Crippen molar-refractivity contribution in [3.05, 3.63) is 0 Å². The summed E-state index contributed by atoms with van der Waals surface area (Å²) < 4.78 is 15.5. The van der Waals surface area contributed by atoms with Gasteiger partial charge in [0, 0.05) is 12.3 Å². The average molecular weight is 411 g/mol. The van der Waals surface area contributed by atoms with Gasteiger partial charge in [-0.3, -0.25) is 4.79 Å². The lowest BCUT2D eigenvalue weighted by atomic mass is 9.43. The second-order valence-electron chi connectivity index (χ2n) is 11.4. The number of aliphatic carboxylic acids is 1. The molecule has 0 aliphatic heterocycles. The van der Waals surface area contributed by atoms with Crippen LogP contribution in [0, 0.1) is 46.3 Å². The van der Waals surface area contributed by atoms with Gasteiger partial charge in [0.15, 0.2) is 0 Å². The number of carbonyl (C=O) groups is 1. The number of fused-ring (bicyclic) bond motifs is 5. The maximum absolute atomic E-state index is 15.5. The van der Waals surface area contributed by atoms with Gasteiger partial charge in [0.1, 0.15) is 6.17 Å². The molecule has 5 heteroatoms. The normalized spacial score (nSPS) is 52.9. The zero-order valence-electron chi connectivity index (χ0n) is 18.2. The highest BCUT2D eigenvalue weighted by atomic mass is 19.1. The number of aliphatic hydroxyl groups excluding tert-OH is 2. The minimum Gasteiger partial charge on any atom is -0.481 e. The van der Waals surface area contributed by atoms with Crippen LogP contribution in [0.4, 0.5) is 4.39 Å². The van der Waals surface area contributed by atoms with E-state index in [1.54, 1.807) is 0 Å². The molecule has 0 heterocycles. The second kappa shape index (κ2) is 7.47. The SMILES string of the molecule is C[C@H](CCC(=O)O)[C@H]1CCC2C3C(O)[C@H](F)C4C[C@H](O)CC[C@]4(C)C3CC[C@@]21C. The quantitative estimate of drug-likeness (QED) is 0.641. The largest absolute Gasteiger partial charge is 0.481 e. The van der Waals surface area contributed by atoms with Gasteiger partial charge in [0.25, 0.3) is 0 Å². The molecule has 11 atom stereocenters. The predicted molar refractivity (Wildman–Crippen MR) is 109 cm³/mol. The third kappa shape index (κ3) is 3.26. The van der Waals surface area contributed by atoms with Crippen LogP contribution in [0.3, 0.4) is 0 Å². The van der Waals surface area contributed by atoms with Gasteiger partial charge in [0.2, 0.25) is 0 Å². The molecule has 0 aromatic heterocycles. The summed E-state index contributed by atoms with van der Waals surface area (Å²) in [6.07, 6.45) is 4.57. The molecule has 4 aliphatic rings. The Bertz CT molecular complexity index is 640. The van der Waals surface area contributed by atoms with Crippen molar-refractivity contribution in [3.63, 3.8) is 0 Å². The molecule has 4 saturated carbocycles. The maximum Gasteiger partial charge on any atom is 0.303 e. The van der Waals surface area contributed by atoms with Gasteiger partial charge in [-0.25, -0.2) is 4.39 Å². The molecule has 0 spiro atoms.